The van der Waals surface area contributed by atoms with Crippen molar-refractivity contribution in [2.75, 3.05) is 5.94 Å². The molecule has 1 aromatic rings. The van der Waals surface area contributed by atoms with Gasteiger partial charge in [-0.15, -0.1) is 6.58 Å². The van der Waals surface area contributed by atoms with E-state index in [0.29, 0.717) is 12.1 Å². The molecule has 0 atom stereocenters. The zero-order chi connectivity index (χ0) is 11.8. The maximum Gasteiger partial charge on any atom is 0.138 e. The lowest BCUT2D eigenvalue weighted by molar-refractivity contribution is 0.397. The molecule has 1 aromatic carbocycles. The molecule has 2 rings (SSSR count). The lowest BCUT2D eigenvalue weighted by Crippen LogP contribution is -1.83. The van der Waals surface area contributed by atoms with Crippen molar-refractivity contribution in [1.82, 2.24) is 0 Å². The normalized spacial score (nSPS) is 11.5. The monoisotopic (exact) mass is 233 g/mol. The van der Waals surface area contributed by atoms with Crippen molar-refractivity contribution in [3.8, 4) is 5.75 Å². The SMILES string of the molecule is C=CCC(=N)C=C.c1ccc2c(c1)OCS2. The molecule has 0 aromatic heterocycles. The number of benzene rings is 1. The third kappa shape index (κ3) is 3.95. The first-order chi connectivity index (χ1) is 7.77. The molecular formula is C13H15NOS. The van der Waals surface area contributed by atoms with E-state index in [1.807, 2.05) is 18.2 Å². The number of allylic oxidation sites excluding steroid dienone is 2. The van der Waals surface area contributed by atoms with Crippen LogP contribution >= 0.6 is 11.8 Å². The number of para-hydroxylation sites is 1. The molecule has 3 heteroatoms. The first-order valence-corrected chi connectivity index (χ1v) is 5.92. The van der Waals surface area contributed by atoms with Crippen molar-refractivity contribution in [3.05, 3.63) is 49.6 Å². The van der Waals surface area contributed by atoms with Gasteiger partial charge in [0.2, 0.25) is 0 Å². The molecule has 0 unspecified atom stereocenters. The Morgan fingerprint density at radius 2 is 2.19 bits per heavy atom. The van der Waals surface area contributed by atoms with E-state index in [0.717, 1.165) is 11.7 Å². The number of hydrogen-bond donors (Lipinski definition) is 1. The van der Waals surface area contributed by atoms with Gasteiger partial charge in [0.05, 0.1) is 4.90 Å². The Morgan fingerprint density at radius 1 is 1.44 bits per heavy atom. The summed E-state index contributed by atoms with van der Waals surface area (Å²) in [6.07, 6.45) is 3.83. The molecule has 0 spiro atoms. The second kappa shape index (κ2) is 6.90. The van der Waals surface area contributed by atoms with Gasteiger partial charge >= 0.3 is 0 Å². The van der Waals surface area contributed by atoms with Crippen LogP contribution in [0.2, 0.25) is 0 Å². The molecule has 0 radical (unpaired) electrons. The zero-order valence-corrected chi connectivity index (χ0v) is 9.93. The van der Waals surface area contributed by atoms with Gasteiger partial charge in [0.1, 0.15) is 11.7 Å². The van der Waals surface area contributed by atoms with Crippen LogP contribution in [0.5, 0.6) is 5.75 Å². The fourth-order valence-electron chi connectivity index (χ4n) is 1.08. The largest absolute Gasteiger partial charge is 0.481 e. The molecule has 1 N–H and O–H groups in total. The standard InChI is InChI=1S/C7H6OS.C6H9N/c1-2-4-7-6(3-1)8-5-9-7;1-3-5-6(7)4-2/h1-4H,5H2;3-4,7H,1-2,5H2. The smallest absolute Gasteiger partial charge is 0.138 e. The first kappa shape index (κ1) is 12.6. The van der Waals surface area contributed by atoms with Crippen molar-refractivity contribution in [3.63, 3.8) is 0 Å². The Hall–Kier alpha value is -1.48. The van der Waals surface area contributed by atoms with Crippen LogP contribution in [0, 0.1) is 5.41 Å². The lowest BCUT2D eigenvalue weighted by Gasteiger charge is -1.92. The van der Waals surface area contributed by atoms with Gasteiger partial charge in [0.15, 0.2) is 0 Å². The van der Waals surface area contributed by atoms with Gasteiger partial charge in [-0.05, 0) is 18.2 Å². The van der Waals surface area contributed by atoms with E-state index in [9.17, 15) is 0 Å². The van der Waals surface area contributed by atoms with Crippen LogP contribution < -0.4 is 4.74 Å². The van der Waals surface area contributed by atoms with Gasteiger partial charge < -0.3 is 10.1 Å². The van der Waals surface area contributed by atoms with Gasteiger partial charge in [-0.1, -0.05) is 36.5 Å². The summed E-state index contributed by atoms with van der Waals surface area (Å²) in [5, 5.41) is 6.95. The first-order valence-electron chi connectivity index (χ1n) is 4.93. The van der Waals surface area contributed by atoms with Gasteiger partial charge in [0.25, 0.3) is 0 Å². The van der Waals surface area contributed by atoms with Gasteiger partial charge in [-0.2, -0.15) is 0 Å². The quantitative estimate of drug-likeness (QED) is 0.634. The molecule has 0 aliphatic carbocycles. The summed E-state index contributed by atoms with van der Waals surface area (Å²) in [5.74, 6) is 1.81. The van der Waals surface area contributed by atoms with E-state index < -0.39 is 0 Å². The van der Waals surface area contributed by atoms with Crippen molar-refractivity contribution >= 4 is 17.5 Å². The van der Waals surface area contributed by atoms with Crippen molar-refractivity contribution in [2.24, 2.45) is 0 Å². The van der Waals surface area contributed by atoms with Crippen molar-refractivity contribution in [1.29, 1.82) is 5.41 Å². The van der Waals surface area contributed by atoms with Gasteiger partial charge in [-0.3, -0.25) is 0 Å². The topological polar surface area (TPSA) is 33.1 Å². The minimum absolute atomic E-state index is 0.523. The molecular weight excluding hydrogens is 218 g/mol. The highest BCUT2D eigenvalue weighted by atomic mass is 32.2. The van der Waals surface area contributed by atoms with Crippen LogP contribution in [-0.2, 0) is 0 Å². The molecule has 2 nitrogen and oxygen atoms in total. The fraction of sp³-hybridized carbons (Fsp3) is 0.154. The maximum absolute atomic E-state index is 6.95. The van der Waals surface area contributed by atoms with Crippen molar-refractivity contribution < 1.29 is 4.74 Å². The van der Waals surface area contributed by atoms with Crippen LogP contribution in [0.3, 0.4) is 0 Å². The highest BCUT2D eigenvalue weighted by molar-refractivity contribution is 7.99. The van der Waals surface area contributed by atoms with E-state index in [2.05, 4.69) is 19.2 Å². The lowest BCUT2D eigenvalue weighted by atomic mass is 10.3. The summed E-state index contributed by atoms with van der Waals surface area (Å²) in [6, 6.07) is 8.09. The number of rotatable bonds is 3. The molecule has 1 aliphatic heterocycles. The van der Waals surface area contributed by atoms with E-state index in [1.54, 1.807) is 17.8 Å². The third-order valence-corrected chi connectivity index (χ3v) is 2.77. The number of nitrogens with one attached hydrogen (secondary N) is 1. The molecule has 1 aliphatic rings. The minimum Gasteiger partial charge on any atom is -0.481 e. The molecule has 0 fully saturated rings. The van der Waals surface area contributed by atoms with Crippen LogP contribution in [-0.4, -0.2) is 11.7 Å². The Bertz CT molecular complexity index is 364. The molecule has 84 valence electrons. The van der Waals surface area contributed by atoms with Crippen LogP contribution in [0.4, 0.5) is 0 Å². The molecule has 0 saturated heterocycles. The Labute approximate surface area is 101 Å². The summed E-state index contributed by atoms with van der Waals surface area (Å²) in [4.78, 5) is 1.26. The van der Waals surface area contributed by atoms with Gasteiger partial charge in [0, 0.05) is 12.1 Å². The summed E-state index contributed by atoms with van der Waals surface area (Å²) in [5.41, 5.74) is 0.523. The van der Waals surface area contributed by atoms with E-state index in [4.69, 9.17) is 10.1 Å². The second-order valence-electron chi connectivity index (χ2n) is 3.08. The summed E-state index contributed by atoms with van der Waals surface area (Å²) in [6.45, 7) is 6.87. The predicted octanol–water partition coefficient (Wildman–Crippen LogP) is 3.90. The highest BCUT2D eigenvalue weighted by Gasteiger charge is 2.09. The zero-order valence-electron chi connectivity index (χ0n) is 9.11. The Morgan fingerprint density at radius 3 is 2.75 bits per heavy atom. The molecule has 0 amide bonds. The Balaban J connectivity index is 0.000000168. The molecule has 16 heavy (non-hydrogen) atoms. The third-order valence-electron chi connectivity index (χ3n) is 1.89. The minimum atomic E-state index is 0.523. The molecule has 1 heterocycles. The fourth-order valence-corrected chi connectivity index (χ4v) is 1.84. The van der Waals surface area contributed by atoms with E-state index >= 15 is 0 Å². The Kier molecular flexibility index (Phi) is 5.43. The van der Waals surface area contributed by atoms with Gasteiger partial charge in [-0.25, -0.2) is 0 Å². The summed E-state index contributed by atoms with van der Waals surface area (Å²) in [7, 11) is 0. The summed E-state index contributed by atoms with van der Waals surface area (Å²) < 4.78 is 5.26. The number of thioether (sulfide) groups is 1. The van der Waals surface area contributed by atoms with E-state index in [1.165, 1.54) is 11.0 Å². The molecule has 0 bridgehead atoms. The number of fused-ring (bicyclic) bond motifs is 1. The average molecular weight is 233 g/mol. The number of hydrogen-bond acceptors (Lipinski definition) is 3. The van der Waals surface area contributed by atoms with Crippen LogP contribution in [0.15, 0.2) is 54.5 Å². The van der Waals surface area contributed by atoms with Crippen molar-refractivity contribution in [2.45, 2.75) is 11.3 Å². The van der Waals surface area contributed by atoms with E-state index in [-0.39, 0.29) is 0 Å². The summed E-state index contributed by atoms with van der Waals surface area (Å²) >= 11 is 1.75. The average Bonchev–Trinajstić information content (AvgIpc) is 2.78. The maximum atomic E-state index is 6.95. The van der Waals surface area contributed by atoms with Crippen LogP contribution in [0.1, 0.15) is 6.42 Å². The van der Waals surface area contributed by atoms with Crippen LogP contribution in [0.25, 0.3) is 0 Å². The molecule has 0 saturated carbocycles. The predicted molar refractivity (Wildman–Crippen MR) is 70.5 cm³/mol. The number of ether oxygens (including phenoxy) is 1. The highest BCUT2D eigenvalue weighted by Crippen LogP contribution is 2.34. The second-order valence-corrected chi connectivity index (χ2v) is 4.04.